The second-order valence-electron chi connectivity index (χ2n) is 0. The van der Waals surface area contributed by atoms with Crippen LogP contribution in [0.25, 0.3) is 0 Å². The Balaban J connectivity index is -0.00000000167. The summed E-state index contributed by atoms with van der Waals surface area (Å²) < 4.78 is 0. The average Bonchev–Trinajstić information content (AvgIpc) is 1.00. The predicted molar refractivity (Wildman–Crippen MR) is 5.86 cm³/mol. The molecule has 27 valence electrons. The summed E-state index contributed by atoms with van der Waals surface area (Å²) in [6.07, 6.45) is 0. The van der Waals surface area contributed by atoms with Crippen molar-refractivity contribution in [1.82, 2.24) is 0 Å². The first-order valence-corrected chi connectivity index (χ1v) is 1.68. The first-order valence-electron chi connectivity index (χ1n) is 0.408. The first-order chi connectivity index (χ1) is 1.00. The van der Waals surface area contributed by atoms with Crippen LogP contribution in [0.15, 0.2) is 0 Å². The van der Waals surface area contributed by atoms with Crippen molar-refractivity contribution in [3.8, 4) is 0 Å². The van der Waals surface area contributed by atoms with E-state index in [9.17, 15) is 0 Å². The van der Waals surface area contributed by atoms with E-state index in [1.807, 2.05) is 5.79 Å². The molecule has 0 unspecified atom stereocenters. The monoisotopic (exact) mass is 259 g/mol. The Morgan fingerprint density at radius 2 is 1.20 bits per heavy atom. The minimum Gasteiger partial charge on any atom is 0 e. The quantitative estimate of drug-likeness (QED) is 0.558. The Morgan fingerprint density at radius 1 is 1.20 bits per heavy atom. The van der Waals surface area contributed by atoms with Crippen LogP contribution in [0.2, 0.25) is 5.79 Å². The van der Waals surface area contributed by atoms with Gasteiger partial charge in [-0.15, -0.1) is 0 Å². The van der Waals surface area contributed by atoms with Gasteiger partial charge in [-0.2, -0.15) is 0 Å². The molecule has 5 heavy (non-hydrogen) atoms. The van der Waals surface area contributed by atoms with Gasteiger partial charge in [-0.25, -0.2) is 0 Å². The minimum atomic E-state index is 0. The van der Waals surface area contributed by atoms with E-state index in [0.29, 0.717) is 0 Å². The standard InChI is InChI=1S/CH3.Cr.Nb.Ti.V/h1H3;;;;. The smallest absolute Gasteiger partial charge is 0 e. The summed E-state index contributed by atoms with van der Waals surface area (Å²) in [5.74, 6) is 1.88. The molecule has 0 aromatic heterocycles. The van der Waals surface area contributed by atoms with Gasteiger partial charge in [0.1, 0.15) is 0 Å². The van der Waals surface area contributed by atoms with Crippen LogP contribution >= 0.6 is 0 Å². The third-order valence-electron chi connectivity index (χ3n) is 0. The molecule has 4 heteroatoms. The zero-order chi connectivity index (χ0) is 2.00. The van der Waals surface area contributed by atoms with Crippen LogP contribution in [-0.2, 0) is 78.9 Å². The molecule has 0 N–H and O–H groups in total. The van der Waals surface area contributed by atoms with Crippen LogP contribution in [0.3, 0.4) is 0 Å². The molecule has 0 fully saturated rings. The van der Waals surface area contributed by atoms with Crippen LogP contribution in [0.4, 0.5) is 0 Å². The summed E-state index contributed by atoms with van der Waals surface area (Å²) in [7, 11) is 0. The topological polar surface area (TPSA) is 0 Å². The molecule has 0 atom stereocenters. The summed E-state index contributed by atoms with van der Waals surface area (Å²) in [5, 5.41) is 0. The zero-order valence-corrected chi connectivity index (χ0v) is 9.23. The van der Waals surface area contributed by atoms with E-state index in [-0.39, 0.29) is 62.7 Å². The molecule has 0 aliphatic heterocycles. The molecule has 0 aliphatic rings. The molecule has 0 aliphatic carbocycles. The van der Waals surface area contributed by atoms with E-state index in [2.05, 4.69) is 16.3 Å². The van der Waals surface area contributed by atoms with Gasteiger partial charge < -0.3 is 0 Å². The normalized spacial score (nSPS) is 1.00. The van der Waals surface area contributed by atoms with Crippen LogP contribution in [-0.4, -0.2) is 0 Å². The van der Waals surface area contributed by atoms with Crippen LogP contribution in [0.1, 0.15) is 0 Å². The molecule has 0 amide bonds. The maximum Gasteiger partial charge on any atom is 0 e. The van der Waals surface area contributed by atoms with Crippen molar-refractivity contribution in [3.05, 3.63) is 0 Å². The van der Waals surface area contributed by atoms with Gasteiger partial charge in [0, 0.05) is 62.7 Å². The van der Waals surface area contributed by atoms with Gasteiger partial charge in [0.15, 0.2) is 0 Å². The van der Waals surface area contributed by atoms with Gasteiger partial charge in [0.2, 0.25) is 0 Å². The third kappa shape index (κ3) is 20.8. The maximum atomic E-state index is 2.62. The van der Waals surface area contributed by atoms with E-state index in [1.54, 1.807) is 0 Å². The van der Waals surface area contributed by atoms with Crippen molar-refractivity contribution in [3.63, 3.8) is 0 Å². The molecule has 0 aromatic carbocycles. The molecular formula is CH3CrNbTiV. The molecular weight excluding hydrogens is 256 g/mol. The fourth-order valence-electron chi connectivity index (χ4n) is 0. The van der Waals surface area contributed by atoms with Crippen molar-refractivity contribution >= 4 is 0 Å². The molecule has 0 saturated heterocycles. The SMILES string of the molecule is [CH3][Cr].[Nb].[Ti].[V]. The molecule has 0 bridgehead atoms. The summed E-state index contributed by atoms with van der Waals surface area (Å²) in [6, 6.07) is 0. The fourth-order valence-corrected chi connectivity index (χ4v) is 0. The average molecular weight is 259 g/mol. The number of rotatable bonds is 0. The van der Waals surface area contributed by atoms with Gasteiger partial charge in [-0.3, -0.25) is 0 Å². The van der Waals surface area contributed by atoms with Crippen LogP contribution in [0.5, 0.6) is 0 Å². The molecule has 0 aromatic rings. The van der Waals surface area contributed by atoms with Gasteiger partial charge >= 0.3 is 22.1 Å². The molecule has 0 saturated carbocycles. The van der Waals surface area contributed by atoms with E-state index >= 15 is 0 Å². The van der Waals surface area contributed by atoms with Crippen LogP contribution < -0.4 is 0 Å². The third-order valence-corrected chi connectivity index (χ3v) is 0. The van der Waals surface area contributed by atoms with Crippen molar-refractivity contribution < 1.29 is 78.9 Å². The molecule has 0 spiro atoms. The fraction of sp³-hybridized carbons (Fsp3) is 1.00. The Labute approximate surface area is 83.5 Å². The van der Waals surface area contributed by atoms with Crippen molar-refractivity contribution in [1.29, 1.82) is 0 Å². The Kier molecular flexibility index (Phi) is 158. The van der Waals surface area contributed by atoms with E-state index in [1.165, 1.54) is 0 Å². The predicted octanol–water partition coefficient (Wildman–Crippen LogP) is 0.574. The van der Waals surface area contributed by atoms with Gasteiger partial charge in [0.05, 0.1) is 0 Å². The van der Waals surface area contributed by atoms with Gasteiger partial charge in [0.25, 0.3) is 0 Å². The van der Waals surface area contributed by atoms with E-state index in [0.717, 1.165) is 0 Å². The molecule has 0 heterocycles. The molecule has 0 rings (SSSR count). The largest absolute Gasteiger partial charge is 0 e. The summed E-state index contributed by atoms with van der Waals surface area (Å²) in [4.78, 5) is 0. The van der Waals surface area contributed by atoms with Crippen molar-refractivity contribution in [2.75, 3.05) is 0 Å². The number of hydrogen-bond donors (Lipinski definition) is 0. The second kappa shape index (κ2) is 30.8. The number of hydrogen-bond acceptors (Lipinski definition) is 0. The van der Waals surface area contributed by atoms with Gasteiger partial charge in [-0.05, 0) is 0 Å². The Morgan fingerprint density at radius 3 is 1.20 bits per heavy atom. The summed E-state index contributed by atoms with van der Waals surface area (Å²) in [6.45, 7) is 0. The molecule has 2 radical (unpaired) electrons. The van der Waals surface area contributed by atoms with Crippen molar-refractivity contribution in [2.24, 2.45) is 0 Å². The van der Waals surface area contributed by atoms with Crippen LogP contribution in [0, 0.1) is 0 Å². The maximum absolute atomic E-state index is 2.62. The Hall–Kier alpha value is 2.57. The van der Waals surface area contributed by atoms with E-state index in [4.69, 9.17) is 0 Å². The molecule has 0 nitrogen and oxygen atoms in total. The van der Waals surface area contributed by atoms with E-state index < -0.39 is 0 Å². The first kappa shape index (κ1) is 25.6. The van der Waals surface area contributed by atoms with Crippen molar-refractivity contribution in [2.45, 2.75) is 5.79 Å². The Bertz CT molecular complexity index is 11.6. The second-order valence-corrected chi connectivity index (χ2v) is 0. The summed E-state index contributed by atoms with van der Waals surface area (Å²) >= 11 is 2.62. The van der Waals surface area contributed by atoms with Gasteiger partial charge in [-0.1, -0.05) is 0 Å². The zero-order valence-electron chi connectivity index (χ0n) is 2.80. The summed E-state index contributed by atoms with van der Waals surface area (Å²) in [5.41, 5.74) is 0. The minimum absolute atomic E-state index is 0.